The molecule has 6 rings (SSSR count). The monoisotopic (exact) mass is 724 g/mol. The Labute approximate surface area is 305 Å². The molecule has 0 atom stereocenters. The second-order valence-corrected chi connectivity index (χ2v) is 13.8. The maximum Gasteiger partial charge on any atom is 0.411 e. The third kappa shape index (κ3) is 6.44. The predicted molar refractivity (Wildman–Crippen MR) is 195 cm³/mol. The van der Waals surface area contributed by atoms with E-state index in [-0.39, 0.29) is 11.1 Å². The minimum atomic E-state index is -5.85. The van der Waals surface area contributed by atoms with Gasteiger partial charge in [-0.2, -0.15) is 26.3 Å². The fraction of sp³-hybridized carbons (Fsp3) is 0.200. The van der Waals surface area contributed by atoms with Gasteiger partial charge in [-0.3, -0.25) is 0 Å². The fourth-order valence-corrected chi connectivity index (χ4v) is 7.39. The molecule has 0 fully saturated rings. The normalized spacial score (nSPS) is 12.9. The molecule has 0 saturated heterocycles. The van der Waals surface area contributed by atoms with E-state index >= 15 is 26.3 Å². The first kappa shape index (κ1) is 37.6. The molecule has 0 heterocycles. The molecule has 0 bridgehead atoms. The molecule has 53 heavy (non-hydrogen) atoms. The topological polar surface area (TPSA) is 40.5 Å². The zero-order valence-electron chi connectivity index (χ0n) is 29.5. The molecule has 0 saturated carbocycles. The van der Waals surface area contributed by atoms with E-state index in [0.29, 0.717) is 22.3 Å². The highest BCUT2D eigenvalue weighted by atomic mass is 19.4. The predicted octanol–water partition coefficient (Wildman–Crippen LogP) is 10.9. The zero-order valence-corrected chi connectivity index (χ0v) is 29.5. The van der Waals surface area contributed by atoms with E-state index in [4.69, 9.17) is 0 Å². The molecule has 2 N–H and O–H groups in total. The molecular formula is C45H38F6O2. The maximum atomic E-state index is 15.3. The smallest absolute Gasteiger partial charge is 0.376 e. The van der Waals surface area contributed by atoms with Crippen LogP contribution in [0, 0.1) is 27.7 Å². The standard InChI is InChI=1S/C45H38F6O2/c1-29-9-5-13-37(25-29)41(52,38-14-6-10-30(2)26-38)33-17-21-35(22-18-33)43(44(46,47)48,45(49,50)51)36-23-19-34(20-24-36)42(53,39-15-7-11-31(3)27-39)40-16-8-12-32(4)28-40/h5-28,52-53H,1-4H3. The summed E-state index contributed by atoms with van der Waals surface area (Å²) in [6.45, 7) is 7.27. The largest absolute Gasteiger partial charge is 0.411 e. The number of aliphatic hydroxyl groups is 2. The molecule has 0 aliphatic carbocycles. The lowest BCUT2D eigenvalue weighted by molar-refractivity contribution is -0.288. The van der Waals surface area contributed by atoms with Gasteiger partial charge in [-0.05, 0) is 72.2 Å². The van der Waals surface area contributed by atoms with Crippen LogP contribution in [0.4, 0.5) is 26.3 Å². The van der Waals surface area contributed by atoms with Crippen LogP contribution < -0.4 is 0 Å². The van der Waals surface area contributed by atoms with Crippen molar-refractivity contribution in [2.24, 2.45) is 0 Å². The molecule has 8 heteroatoms. The van der Waals surface area contributed by atoms with Gasteiger partial charge in [0.25, 0.3) is 0 Å². The van der Waals surface area contributed by atoms with Gasteiger partial charge in [-0.15, -0.1) is 0 Å². The van der Waals surface area contributed by atoms with Crippen LogP contribution in [-0.4, -0.2) is 22.6 Å². The van der Waals surface area contributed by atoms with Gasteiger partial charge in [-0.1, -0.05) is 168 Å². The molecule has 272 valence electrons. The van der Waals surface area contributed by atoms with Crippen LogP contribution in [0.2, 0.25) is 0 Å². The molecule has 6 aromatic rings. The van der Waals surface area contributed by atoms with Crippen molar-refractivity contribution in [3.05, 3.63) is 212 Å². The van der Waals surface area contributed by atoms with Crippen molar-refractivity contribution in [2.75, 3.05) is 0 Å². The van der Waals surface area contributed by atoms with Crippen molar-refractivity contribution in [2.45, 2.75) is 56.7 Å². The maximum absolute atomic E-state index is 15.3. The summed E-state index contributed by atoms with van der Waals surface area (Å²) in [5.41, 5.74) is -5.38. The fourth-order valence-electron chi connectivity index (χ4n) is 7.39. The van der Waals surface area contributed by atoms with Crippen LogP contribution in [0.1, 0.15) is 66.8 Å². The van der Waals surface area contributed by atoms with Gasteiger partial charge in [0.2, 0.25) is 5.41 Å². The Hall–Kier alpha value is -5.18. The first-order valence-corrected chi connectivity index (χ1v) is 17.0. The van der Waals surface area contributed by atoms with Crippen LogP contribution in [0.25, 0.3) is 0 Å². The van der Waals surface area contributed by atoms with Gasteiger partial charge in [0, 0.05) is 0 Å². The van der Waals surface area contributed by atoms with Crippen molar-refractivity contribution < 1.29 is 36.6 Å². The van der Waals surface area contributed by atoms with Gasteiger partial charge in [0.15, 0.2) is 0 Å². The molecule has 0 radical (unpaired) electrons. The van der Waals surface area contributed by atoms with Crippen molar-refractivity contribution in [3.8, 4) is 0 Å². The summed E-state index contributed by atoms with van der Waals surface area (Å²) in [6, 6.07) is 35.3. The highest BCUT2D eigenvalue weighted by Gasteiger charge is 2.72. The van der Waals surface area contributed by atoms with Gasteiger partial charge in [0.1, 0.15) is 11.2 Å². The Kier molecular flexibility index (Phi) is 9.69. The Morgan fingerprint density at radius 1 is 0.321 bits per heavy atom. The van der Waals surface area contributed by atoms with Crippen molar-refractivity contribution in [3.63, 3.8) is 0 Å². The van der Waals surface area contributed by atoms with Crippen LogP contribution in [0.3, 0.4) is 0 Å². The molecule has 0 amide bonds. The van der Waals surface area contributed by atoms with E-state index < -0.39 is 40.1 Å². The van der Waals surface area contributed by atoms with Crippen molar-refractivity contribution in [1.29, 1.82) is 0 Å². The summed E-state index contributed by atoms with van der Waals surface area (Å²) in [7, 11) is 0. The molecular weight excluding hydrogens is 686 g/mol. The molecule has 0 unspecified atom stereocenters. The van der Waals surface area contributed by atoms with E-state index in [9.17, 15) is 10.2 Å². The SMILES string of the molecule is Cc1cccc(C(O)(c2ccc(C(c3ccc(C(O)(c4cccc(C)c4)c4cccc(C)c4)cc3)(C(F)(F)F)C(F)(F)F)cc2)c2cccc(C)c2)c1. The van der Waals surface area contributed by atoms with Crippen molar-refractivity contribution >= 4 is 0 Å². The lowest BCUT2D eigenvalue weighted by Crippen LogP contribution is -2.54. The second kappa shape index (κ2) is 13.7. The Morgan fingerprint density at radius 3 is 0.755 bits per heavy atom. The first-order valence-electron chi connectivity index (χ1n) is 17.0. The number of rotatable bonds is 8. The lowest BCUT2D eigenvalue weighted by Gasteiger charge is -2.39. The third-order valence-corrected chi connectivity index (χ3v) is 10.1. The van der Waals surface area contributed by atoms with Crippen molar-refractivity contribution in [1.82, 2.24) is 0 Å². The second-order valence-electron chi connectivity index (χ2n) is 13.8. The van der Waals surface area contributed by atoms with Gasteiger partial charge in [0.05, 0.1) is 0 Å². The average molecular weight is 725 g/mol. The molecule has 2 nitrogen and oxygen atoms in total. The number of hydrogen-bond acceptors (Lipinski definition) is 2. The van der Waals surface area contributed by atoms with E-state index in [2.05, 4.69) is 0 Å². The summed E-state index contributed by atoms with van der Waals surface area (Å²) in [4.78, 5) is 0. The summed E-state index contributed by atoms with van der Waals surface area (Å²) in [5, 5.41) is 24.7. The molecule has 0 aliphatic rings. The van der Waals surface area contributed by atoms with Crippen LogP contribution in [0.15, 0.2) is 146 Å². The zero-order chi connectivity index (χ0) is 38.4. The van der Waals surface area contributed by atoms with Gasteiger partial charge in [-0.25, -0.2) is 0 Å². The molecule has 0 spiro atoms. The Balaban J connectivity index is 1.53. The highest BCUT2D eigenvalue weighted by molar-refractivity contribution is 5.54. The average Bonchev–Trinajstić information content (AvgIpc) is 3.10. The number of hydrogen-bond donors (Lipinski definition) is 2. The number of aryl methyl sites for hydroxylation is 4. The minimum Gasteiger partial charge on any atom is -0.376 e. The number of benzene rings is 6. The Morgan fingerprint density at radius 2 is 0.547 bits per heavy atom. The lowest BCUT2D eigenvalue weighted by atomic mass is 9.71. The summed E-state index contributed by atoms with van der Waals surface area (Å²) in [5.74, 6) is 0. The molecule has 0 aliphatic heterocycles. The van der Waals surface area contributed by atoms with Gasteiger partial charge >= 0.3 is 12.4 Å². The summed E-state index contributed by atoms with van der Waals surface area (Å²) >= 11 is 0. The Bertz CT molecular complexity index is 1980. The number of alkyl halides is 6. The van der Waals surface area contributed by atoms with E-state index in [0.717, 1.165) is 70.8 Å². The van der Waals surface area contributed by atoms with E-state index in [1.807, 2.05) is 52.0 Å². The van der Waals surface area contributed by atoms with E-state index in [1.165, 1.54) is 0 Å². The summed E-state index contributed by atoms with van der Waals surface area (Å²) in [6.07, 6.45) is -11.7. The van der Waals surface area contributed by atoms with Crippen LogP contribution in [-0.2, 0) is 16.6 Å². The summed E-state index contributed by atoms with van der Waals surface area (Å²) < 4.78 is 92.0. The number of halogens is 6. The van der Waals surface area contributed by atoms with E-state index in [1.54, 1.807) is 72.8 Å². The quantitative estimate of drug-likeness (QED) is 0.121. The van der Waals surface area contributed by atoms with Crippen LogP contribution in [0.5, 0.6) is 0 Å². The molecule has 0 aromatic heterocycles. The highest BCUT2D eigenvalue weighted by Crippen LogP contribution is 2.57. The van der Waals surface area contributed by atoms with Gasteiger partial charge < -0.3 is 10.2 Å². The first-order chi connectivity index (χ1) is 24.9. The van der Waals surface area contributed by atoms with Crippen LogP contribution >= 0.6 is 0 Å². The third-order valence-electron chi connectivity index (χ3n) is 10.1. The minimum absolute atomic E-state index is 0.0902. The molecule has 6 aromatic carbocycles.